The van der Waals surface area contributed by atoms with Crippen molar-refractivity contribution in [1.82, 2.24) is 4.90 Å². The maximum absolute atomic E-state index is 13.0. The molecule has 0 radical (unpaired) electrons. The topological polar surface area (TPSA) is 68.2 Å². The van der Waals surface area contributed by atoms with E-state index in [1.807, 2.05) is 6.07 Å². The lowest BCUT2D eigenvalue weighted by atomic mass is 9.53. The van der Waals surface area contributed by atoms with E-state index in [0.717, 1.165) is 36.9 Å². The Balaban J connectivity index is 2.09. The molecule has 0 amide bonds. The maximum atomic E-state index is 13.0. The SMILES string of the molecule is COC1=C(OC)C23CCc4ccc(O)c(OC)c4C2(CCN3C)CC1=O. The number of allylic oxidation sites excluding steroid dienone is 1. The van der Waals surface area contributed by atoms with E-state index in [1.54, 1.807) is 20.3 Å². The van der Waals surface area contributed by atoms with Crippen LogP contribution in [0.3, 0.4) is 0 Å². The number of carbonyl (C=O) groups is 1. The molecule has 0 saturated carbocycles. The number of likely N-dealkylation sites (tertiary alicyclic amines) is 1. The van der Waals surface area contributed by atoms with E-state index in [4.69, 9.17) is 14.2 Å². The van der Waals surface area contributed by atoms with Gasteiger partial charge >= 0.3 is 0 Å². The summed E-state index contributed by atoms with van der Waals surface area (Å²) in [6.07, 6.45) is 2.76. The van der Waals surface area contributed by atoms with Gasteiger partial charge in [0.2, 0.25) is 11.5 Å². The van der Waals surface area contributed by atoms with Gasteiger partial charge in [-0.3, -0.25) is 9.69 Å². The highest BCUT2D eigenvalue weighted by molar-refractivity contribution is 5.97. The molecule has 3 aliphatic rings. The largest absolute Gasteiger partial charge is 0.504 e. The van der Waals surface area contributed by atoms with Crippen molar-refractivity contribution in [3.8, 4) is 11.5 Å². The molecule has 2 unspecified atom stereocenters. The van der Waals surface area contributed by atoms with Crippen LogP contribution >= 0.6 is 0 Å². The van der Waals surface area contributed by atoms with E-state index in [-0.39, 0.29) is 11.5 Å². The third kappa shape index (κ3) is 1.78. The number of aromatic hydroxyl groups is 1. The lowest BCUT2D eigenvalue weighted by Crippen LogP contribution is -2.62. The van der Waals surface area contributed by atoms with Gasteiger partial charge in [0.1, 0.15) is 0 Å². The summed E-state index contributed by atoms with van der Waals surface area (Å²) in [6, 6.07) is 3.63. The predicted octanol–water partition coefficient (Wildman–Crippen LogP) is 2.14. The Morgan fingerprint density at radius 3 is 2.54 bits per heavy atom. The molecule has 26 heavy (non-hydrogen) atoms. The number of likely N-dealkylation sites (N-methyl/N-ethyl adjacent to an activating group) is 1. The highest BCUT2D eigenvalue weighted by Crippen LogP contribution is 2.63. The number of ether oxygens (including phenoxy) is 3. The van der Waals surface area contributed by atoms with Crippen LogP contribution in [0, 0.1) is 0 Å². The fourth-order valence-corrected chi connectivity index (χ4v) is 5.72. The summed E-state index contributed by atoms with van der Waals surface area (Å²) in [4.78, 5) is 15.3. The normalized spacial score (nSPS) is 30.5. The molecule has 1 saturated heterocycles. The monoisotopic (exact) mass is 359 g/mol. The Labute approximate surface area is 153 Å². The van der Waals surface area contributed by atoms with Gasteiger partial charge < -0.3 is 19.3 Å². The fraction of sp³-hybridized carbons (Fsp3) is 0.550. The van der Waals surface area contributed by atoms with Crippen LogP contribution in [0.1, 0.15) is 30.4 Å². The molecule has 1 aromatic carbocycles. The summed E-state index contributed by atoms with van der Waals surface area (Å²) < 4.78 is 16.9. The zero-order valence-corrected chi connectivity index (χ0v) is 15.7. The Morgan fingerprint density at radius 2 is 1.88 bits per heavy atom. The minimum atomic E-state index is -0.496. The maximum Gasteiger partial charge on any atom is 0.201 e. The first kappa shape index (κ1) is 17.2. The standard InChI is InChI=1S/C20H25NO5/c1-21-10-9-19-11-14(23)17(25-3)18(26-4)20(19,21)8-7-12-5-6-13(22)16(24-2)15(12)19/h5-6,22H,7-11H2,1-4H3. The zero-order chi connectivity index (χ0) is 18.7. The Bertz CT molecular complexity index is 817. The molecule has 6 nitrogen and oxygen atoms in total. The van der Waals surface area contributed by atoms with Gasteiger partial charge in [-0.05, 0) is 44.5 Å². The smallest absolute Gasteiger partial charge is 0.201 e. The quantitative estimate of drug-likeness (QED) is 0.892. The minimum Gasteiger partial charge on any atom is -0.504 e. The van der Waals surface area contributed by atoms with Gasteiger partial charge in [-0.2, -0.15) is 0 Å². The van der Waals surface area contributed by atoms with Crippen molar-refractivity contribution < 1.29 is 24.1 Å². The molecule has 0 bridgehead atoms. The number of carbonyl (C=O) groups excluding carboxylic acids is 1. The lowest BCUT2D eigenvalue weighted by molar-refractivity contribution is -0.124. The molecule has 1 aliphatic heterocycles. The Morgan fingerprint density at radius 1 is 1.12 bits per heavy atom. The van der Waals surface area contributed by atoms with Crippen LogP contribution < -0.4 is 4.74 Å². The third-order valence-corrected chi connectivity index (χ3v) is 6.69. The molecule has 0 spiro atoms. The third-order valence-electron chi connectivity index (χ3n) is 6.69. The van der Waals surface area contributed by atoms with Gasteiger partial charge in [0, 0.05) is 17.4 Å². The average molecular weight is 359 g/mol. The van der Waals surface area contributed by atoms with Crippen molar-refractivity contribution in [2.24, 2.45) is 0 Å². The van der Waals surface area contributed by atoms with Crippen LogP contribution in [-0.4, -0.2) is 56.3 Å². The highest BCUT2D eigenvalue weighted by atomic mass is 16.5. The number of nitrogens with zero attached hydrogens (tertiary/aromatic N) is 1. The number of hydrogen-bond acceptors (Lipinski definition) is 6. The van der Waals surface area contributed by atoms with Crippen LogP contribution in [0.2, 0.25) is 0 Å². The van der Waals surface area contributed by atoms with Gasteiger partial charge in [0.05, 0.1) is 26.9 Å². The summed E-state index contributed by atoms with van der Waals surface area (Å²) in [6.45, 7) is 0.829. The van der Waals surface area contributed by atoms with Gasteiger partial charge in [0.15, 0.2) is 17.3 Å². The van der Waals surface area contributed by atoms with Gasteiger partial charge in [0.25, 0.3) is 0 Å². The number of ketones is 1. The molecule has 1 fully saturated rings. The second-order valence-corrected chi connectivity index (χ2v) is 7.43. The molecule has 0 aromatic heterocycles. The van der Waals surface area contributed by atoms with Crippen molar-refractivity contribution in [2.45, 2.75) is 36.6 Å². The second kappa shape index (κ2) is 5.64. The number of rotatable bonds is 3. The molecule has 1 N–H and O–H groups in total. The van der Waals surface area contributed by atoms with Crippen molar-refractivity contribution in [3.63, 3.8) is 0 Å². The number of fused-ring (bicyclic) bond motifs is 1. The van der Waals surface area contributed by atoms with Gasteiger partial charge in [-0.25, -0.2) is 0 Å². The molecule has 140 valence electrons. The highest BCUT2D eigenvalue weighted by Gasteiger charge is 2.68. The van der Waals surface area contributed by atoms with Gasteiger partial charge in [-0.15, -0.1) is 0 Å². The Kier molecular flexibility index (Phi) is 3.74. The summed E-state index contributed by atoms with van der Waals surface area (Å²) in [7, 11) is 6.77. The van der Waals surface area contributed by atoms with E-state index < -0.39 is 11.0 Å². The fourth-order valence-electron chi connectivity index (χ4n) is 5.72. The molecular formula is C20H25NO5. The average Bonchev–Trinajstić information content (AvgIpc) is 2.94. The predicted molar refractivity (Wildman–Crippen MR) is 95.3 cm³/mol. The van der Waals surface area contributed by atoms with Crippen LogP contribution in [0.4, 0.5) is 0 Å². The second-order valence-electron chi connectivity index (χ2n) is 7.43. The van der Waals surface area contributed by atoms with Crippen molar-refractivity contribution in [1.29, 1.82) is 0 Å². The Hall–Kier alpha value is -2.21. The first-order chi connectivity index (χ1) is 12.5. The number of methoxy groups -OCH3 is 3. The zero-order valence-electron chi connectivity index (χ0n) is 15.7. The number of phenols is 1. The number of aryl methyl sites for hydroxylation is 1. The van der Waals surface area contributed by atoms with E-state index >= 15 is 0 Å². The van der Waals surface area contributed by atoms with E-state index in [1.165, 1.54) is 7.11 Å². The summed E-state index contributed by atoms with van der Waals surface area (Å²) in [5, 5.41) is 10.4. The van der Waals surface area contributed by atoms with Crippen molar-refractivity contribution in [2.75, 3.05) is 34.9 Å². The number of hydrogen-bond donors (Lipinski definition) is 1. The molecule has 1 aromatic rings. The first-order valence-corrected chi connectivity index (χ1v) is 8.93. The van der Waals surface area contributed by atoms with Crippen molar-refractivity contribution >= 4 is 5.78 Å². The lowest BCUT2D eigenvalue weighted by Gasteiger charge is -2.55. The van der Waals surface area contributed by atoms with Crippen LogP contribution in [0.5, 0.6) is 11.5 Å². The van der Waals surface area contributed by atoms with Gasteiger partial charge in [-0.1, -0.05) is 6.07 Å². The number of phenolic OH excluding ortho intramolecular Hbond substituents is 1. The summed E-state index contributed by atoms with van der Waals surface area (Å²) >= 11 is 0. The number of Topliss-reactive ketones (excluding diaryl/α,β-unsaturated/α-hetero) is 1. The molecule has 4 rings (SSSR count). The molecule has 1 heterocycles. The summed E-state index contributed by atoms with van der Waals surface area (Å²) in [5.41, 5.74) is 1.11. The van der Waals surface area contributed by atoms with Crippen LogP contribution in [0.25, 0.3) is 0 Å². The molecule has 2 atom stereocenters. The molecule has 2 aliphatic carbocycles. The van der Waals surface area contributed by atoms with Crippen molar-refractivity contribution in [3.05, 3.63) is 34.8 Å². The first-order valence-electron chi connectivity index (χ1n) is 8.93. The summed E-state index contributed by atoms with van der Waals surface area (Å²) in [5.74, 6) is 1.45. The number of benzene rings is 1. The van der Waals surface area contributed by atoms with Crippen LogP contribution in [0.15, 0.2) is 23.7 Å². The van der Waals surface area contributed by atoms with E-state index in [9.17, 15) is 9.90 Å². The molecular weight excluding hydrogens is 334 g/mol. The molecule has 6 heteroatoms. The van der Waals surface area contributed by atoms with Crippen LogP contribution in [-0.2, 0) is 26.1 Å². The van der Waals surface area contributed by atoms with E-state index in [0.29, 0.717) is 23.7 Å². The van der Waals surface area contributed by atoms with E-state index in [2.05, 4.69) is 11.9 Å². The minimum absolute atomic E-state index is 0.0616.